The lowest BCUT2D eigenvalue weighted by atomic mass is 10.0. The van der Waals surface area contributed by atoms with E-state index >= 15 is 0 Å². The number of rotatable bonds is 3. The molecule has 7 nitrogen and oxygen atoms in total. The van der Waals surface area contributed by atoms with E-state index in [4.69, 9.17) is 9.15 Å². The summed E-state index contributed by atoms with van der Waals surface area (Å²) in [5.74, 6) is -0.223. The van der Waals surface area contributed by atoms with E-state index in [1.54, 1.807) is 45.0 Å². The lowest BCUT2D eigenvalue weighted by molar-refractivity contribution is 0.0124. The fourth-order valence-corrected chi connectivity index (χ4v) is 4.49. The molecule has 3 rings (SSSR count). The molecule has 1 aromatic carbocycles. The maximum atomic E-state index is 12.8. The molecule has 1 aliphatic heterocycles. The standard InChI is InChI=1S/C18H24N2O5S/c1-18(2,3)25-17(21)20-11-7-6-8-13(20)12-26(22,23)16-19-14-9-4-5-10-15(14)24-16/h4-5,9-10,13H,6-8,11-12H2,1-3H3. The van der Waals surface area contributed by atoms with Crippen LogP contribution in [0.25, 0.3) is 11.1 Å². The van der Waals surface area contributed by atoms with Crippen LogP contribution in [0, 0.1) is 0 Å². The summed E-state index contributed by atoms with van der Waals surface area (Å²) in [6, 6.07) is 6.46. The number of oxazole rings is 1. The van der Waals surface area contributed by atoms with E-state index in [1.165, 1.54) is 4.90 Å². The van der Waals surface area contributed by atoms with Crippen molar-refractivity contribution in [3.63, 3.8) is 0 Å². The van der Waals surface area contributed by atoms with Gasteiger partial charge in [-0.15, -0.1) is 0 Å². The Morgan fingerprint density at radius 2 is 2.04 bits per heavy atom. The third kappa shape index (κ3) is 4.17. The summed E-state index contributed by atoms with van der Waals surface area (Å²) >= 11 is 0. The van der Waals surface area contributed by atoms with Crippen LogP contribution in [0.2, 0.25) is 0 Å². The van der Waals surface area contributed by atoms with Crippen molar-refractivity contribution in [3.05, 3.63) is 24.3 Å². The van der Waals surface area contributed by atoms with Gasteiger partial charge in [-0.05, 0) is 52.2 Å². The Labute approximate surface area is 153 Å². The third-order valence-electron chi connectivity index (χ3n) is 4.21. The number of aromatic nitrogens is 1. The highest BCUT2D eigenvalue weighted by Gasteiger charge is 2.35. The van der Waals surface area contributed by atoms with Gasteiger partial charge in [0.2, 0.25) is 9.84 Å². The Balaban J connectivity index is 1.81. The topological polar surface area (TPSA) is 89.7 Å². The number of nitrogens with zero attached hydrogens (tertiary/aromatic N) is 2. The van der Waals surface area contributed by atoms with Crippen LogP contribution in [-0.2, 0) is 14.6 Å². The summed E-state index contributed by atoms with van der Waals surface area (Å²) in [6.07, 6.45) is 1.83. The molecule has 1 unspecified atom stereocenters. The second-order valence-electron chi connectivity index (χ2n) is 7.55. The number of fused-ring (bicyclic) bond motifs is 1. The van der Waals surface area contributed by atoms with Crippen LogP contribution in [0.5, 0.6) is 0 Å². The van der Waals surface area contributed by atoms with Gasteiger partial charge in [-0.1, -0.05) is 12.1 Å². The lowest BCUT2D eigenvalue weighted by Gasteiger charge is -2.36. The highest BCUT2D eigenvalue weighted by atomic mass is 32.2. The molecule has 1 amide bonds. The molecule has 8 heteroatoms. The average Bonchev–Trinajstić information content (AvgIpc) is 2.98. The van der Waals surface area contributed by atoms with Gasteiger partial charge in [0.05, 0.1) is 5.75 Å². The number of hydrogen-bond acceptors (Lipinski definition) is 6. The fraction of sp³-hybridized carbons (Fsp3) is 0.556. The molecule has 1 atom stereocenters. The zero-order valence-electron chi connectivity index (χ0n) is 15.3. The molecule has 2 heterocycles. The average molecular weight is 380 g/mol. The third-order valence-corrected chi connectivity index (χ3v) is 5.74. The van der Waals surface area contributed by atoms with Crippen molar-refractivity contribution >= 4 is 27.0 Å². The summed E-state index contributed by atoms with van der Waals surface area (Å²) in [6.45, 7) is 5.86. The highest BCUT2D eigenvalue weighted by Crippen LogP contribution is 2.25. The predicted octanol–water partition coefficient (Wildman–Crippen LogP) is 3.39. The Bertz CT molecular complexity index is 865. The van der Waals surface area contributed by atoms with Gasteiger partial charge < -0.3 is 14.1 Å². The van der Waals surface area contributed by atoms with Crippen molar-refractivity contribution in [1.29, 1.82) is 0 Å². The monoisotopic (exact) mass is 380 g/mol. The SMILES string of the molecule is CC(C)(C)OC(=O)N1CCCCC1CS(=O)(=O)c1nc2ccccc2o1. The van der Waals surface area contributed by atoms with Gasteiger partial charge in [0, 0.05) is 12.6 Å². The number of hydrogen-bond donors (Lipinski definition) is 0. The van der Waals surface area contributed by atoms with Crippen LogP contribution < -0.4 is 0 Å². The van der Waals surface area contributed by atoms with Gasteiger partial charge >= 0.3 is 11.3 Å². The summed E-state index contributed by atoms with van der Waals surface area (Å²) in [5, 5.41) is -0.298. The number of carbonyl (C=O) groups is 1. The summed E-state index contributed by atoms with van der Waals surface area (Å²) in [4.78, 5) is 18.1. The van der Waals surface area contributed by atoms with Crippen molar-refractivity contribution in [3.8, 4) is 0 Å². The molecule has 2 aromatic rings. The molecular weight excluding hydrogens is 356 g/mol. The smallest absolute Gasteiger partial charge is 0.410 e. The Hall–Kier alpha value is -2.09. The molecule has 0 radical (unpaired) electrons. The van der Waals surface area contributed by atoms with Gasteiger partial charge in [-0.2, -0.15) is 4.98 Å². The van der Waals surface area contributed by atoms with Gasteiger partial charge in [0.15, 0.2) is 5.58 Å². The molecular formula is C18H24N2O5S. The molecule has 1 fully saturated rings. The zero-order valence-corrected chi connectivity index (χ0v) is 16.1. The first kappa shape index (κ1) is 18.7. The largest absolute Gasteiger partial charge is 0.444 e. The molecule has 1 saturated heterocycles. The van der Waals surface area contributed by atoms with Crippen molar-refractivity contribution in [2.24, 2.45) is 0 Å². The minimum absolute atomic E-state index is 0.223. The first-order valence-corrected chi connectivity index (χ1v) is 10.4. The first-order valence-electron chi connectivity index (χ1n) is 8.74. The molecule has 26 heavy (non-hydrogen) atoms. The van der Waals surface area contributed by atoms with E-state index in [0.29, 0.717) is 24.1 Å². The minimum Gasteiger partial charge on any atom is -0.444 e. The second-order valence-corrected chi connectivity index (χ2v) is 9.46. The fourth-order valence-electron chi connectivity index (χ4n) is 3.04. The van der Waals surface area contributed by atoms with E-state index < -0.39 is 27.6 Å². The number of sulfone groups is 1. The number of amides is 1. The quantitative estimate of drug-likeness (QED) is 0.811. The number of benzene rings is 1. The van der Waals surface area contributed by atoms with E-state index in [0.717, 1.165) is 12.8 Å². The summed E-state index contributed by atoms with van der Waals surface area (Å²) in [7, 11) is -3.76. The minimum atomic E-state index is -3.76. The van der Waals surface area contributed by atoms with Gasteiger partial charge in [0.25, 0.3) is 0 Å². The molecule has 0 spiro atoms. The lowest BCUT2D eigenvalue weighted by Crippen LogP contribution is -2.48. The maximum Gasteiger partial charge on any atom is 0.410 e. The van der Waals surface area contributed by atoms with Crippen LogP contribution in [-0.4, -0.2) is 48.3 Å². The number of para-hydroxylation sites is 2. The van der Waals surface area contributed by atoms with E-state index in [1.807, 2.05) is 0 Å². The van der Waals surface area contributed by atoms with Crippen LogP contribution in [0.1, 0.15) is 40.0 Å². The number of ether oxygens (including phenoxy) is 1. The second kappa shape index (κ2) is 6.90. The molecule has 1 aliphatic rings. The maximum absolute atomic E-state index is 12.8. The van der Waals surface area contributed by atoms with Gasteiger partial charge in [0.1, 0.15) is 11.1 Å². The summed E-state index contributed by atoms with van der Waals surface area (Å²) < 4.78 is 36.4. The number of likely N-dealkylation sites (tertiary alicyclic amines) is 1. The number of piperidine rings is 1. The number of carbonyl (C=O) groups excluding carboxylic acids is 1. The molecule has 142 valence electrons. The molecule has 0 bridgehead atoms. The zero-order chi connectivity index (χ0) is 18.9. The van der Waals surface area contributed by atoms with Crippen molar-refractivity contribution < 1.29 is 22.4 Å². The van der Waals surface area contributed by atoms with Gasteiger partial charge in [-0.3, -0.25) is 0 Å². The Morgan fingerprint density at radius 1 is 1.31 bits per heavy atom. The normalized spacial score (nSPS) is 18.9. The van der Waals surface area contributed by atoms with E-state index in [-0.39, 0.29) is 11.0 Å². The predicted molar refractivity (Wildman–Crippen MR) is 96.6 cm³/mol. The Kier molecular flexibility index (Phi) is 4.96. The van der Waals surface area contributed by atoms with Crippen LogP contribution in [0.3, 0.4) is 0 Å². The summed E-state index contributed by atoms with van der Waals surface area (Å²) in [5.41, 5.74) is 0.301. The van der Waals surface area contributed by atoms with Gasteiger partial charge in [-0.25, -0.2) is 13.2 Å². The van der Waals surface area contributed by atoms with Crippen LogP contribution in [0.4, 0.5) is 4.79 Å². The molecule has 0 saturated carbocycles. The molecule has 0 aliphatic carbocycles. The van der Waals surface area contributed by atoms with E-state index in [2.05, 4.69) is 4.98 Å². The van der Waals surface area contributed by atoms with Crippen LogP contribution in [0.15, 0.2) is 33.9 Å². The molecule has 0 N–H and O–H groups in total. The first-order chi connectivity index (χ1) is 12.2. The van der Waals surface area contributed by atoms with E-state index in [9.17, 15) is 13.2 Å². The molecule has 1 aromatic heterocycles. The van der Waals surface area contributed by atoms with Crippen molar-refractivity contribution in [2.75, 3.05) is 12.3 Å². The van der Waals surface area contributed by atoms with Crippen molar-refractivity contribution in [1.82, 2.24) is 9.88 Å². The van der Waals surface area contributed by atoms with Crippen molar-refractivity contribution in [2.45, 2.75) is 56.9 Å². The Morgan fingerprint density at radius 3 is 2.73 bits per heavy atom. The highest BCUT2D eigenvalue weighted by molar-refractivity contribution is 7.91. The van der Waals surface area contributed by atoms with Crippen LogP contribution >= 0.6 is 0 Å².